The van der Waals surface area contributed by atoms with E-state index in [0.717, 1.165) is 52.6 Å². The molecule has 0 spiro atoms. The van der Waals surface area contributed by atoms with Gasteiger partial charge in [0.15, 0.2) is 5.82 Å². The summed E-state index contributed by atoms with van der Waals surface area (Å²) in [6, 6.07) is 7.27. The van der Waals surface area contributed by atoms with E-state index in [1.54, 1.807) is 12.1 Å². The van der Waals surface area contributed by atoms with Crippen LogP contribution in [0.1, 0.15) is 30.7 Å². The van der Waals surface area contributed by atoms with Crippen LogP contribution in [0.2, 0.25) is 0 Å². The van der Waals surface area contributed by atoms with Gasteiger partial charge in [0.2, 0.25) is 0 Å². The predicted octanol–water partition coefficient (Wildman–Crippen LogP) is 3.94. The molecule has 5 heteroatoms. The molecule has 1 saturated heterocycles. The van der Waals surface area contributed by atoms with Crippen molar-refractivity contribution in [1.82, 2.24) is 15.0 Å². The van der Waals surface area contributed by atoms with E-state index in [9.17, 15) is 5.11 Å². The third-order valence-electron chi connectivity index (χ3n) is 4.79. The van der Waals surface area contributed by atoms with E-state index in [2.05, 4.69) is 21.8 Å². The zero-order chi connectivity index (χ0) is 16.7. The second-order valence-electron chi connectivity index (χ2n) is 6.54. The van der Waals surface area contributed by atoms with Crippen molar-refractivity contribution in [3.05, 3.63) is 35.7 Å². The second-order valence-corrected chi connectivity index (χ2v) is 6.54. The molecule has 4 rings (SSSR count). The molecule has 0 unspecified atom stereocenters. The van der Waals surface area contributed by atoms with Crippen LogP contribution < -0.4 is 4.90 Å². The Kier molecular flexibility index (Phi) is 3.63. The van der Waals surface area contributed by atoms with Gasteiger partial charge in [0.05, 0.1) is 11.2 Å². The number of phenolic OH excluding ortho intramolecular Hbond substituents is 1. The number of fused-ring (bicyclic) bond motifs is 1. The Morgan fingerprint density at radius 3 is 2.42 bits per heavy atom. The molecule has 1 aliphatic rings. The van der Waals surface area contributed by atoms with Crippen molar-refractivity contribution in [3.63, 3.8) is 0 Å². The van der Waals surface area contributed by atoms with Gasteiger partial charge in [0.25, 0.3) is 0 Å². The van der Waals surface area contributed by atoms with Crippen LogP contribution in [0.3, 0.4) is 0 Å². The van der Waals surface area contributed by atoms with Crippen molar-refractivity contribution in [3.8, 4) is 17.0 Å². The Morgan fingerprint density at radius 2 is 1.71 bits per heavy atom. The van der Waals surface area contributed by atoms with Gasteiger partial charge in [0.1, 0.15) is 17.1 Å². The molecule has 1 fully saturated rings. The van der Waals surface area contributed by atoms with E-state index in [4.69, 9.17) is 4.98 Å². The van der Waals surface area contributed by atoms with Crippen molar-refractivity contribution in [2.24, 2.45) is 0 Å². The summed E-state index contributed by atoms with van der Waals surface area (Å²) in [4.78, 5) is 15.3. The van der Waals surface area contributed by atoms with E-state index in [1.165, 1.54) is 19.3 Å². The fourth-order valence-electron chi connectivity index (χ4n) is 3.53. The van der Waals surface area contributed by atoms with Crippen LogP contribution in [0.15, 0.2) is 24.3 Å². The SMILES string of the molecule is Cc1nc(N2CCCCC2)c2[nH]c(-c3ccc(O)cc3)c(C)c2n1. The standard InChI is InChI=1S/C19H22N4O/c1-12-16(14-6-8-15(24)9-7-14)22-18-17(12)20-13(2)21-19(18)23-10-4-3-5-11-23/h6-9,22,24H,3-5,10-11H2,1-2H3. The molecule has 3 heterocycles. The normalized spacial score (nSPS) is 15.2. The first-order valence-electron chi connectivity index (χ1n) is 8.55. The summed E-state index contributed by atoms with van der Waals surface area (Å²) in [5.74, 6) is 2.10. The van der Waals surface area contributed by atoms with Gasteiger partial charge in [-0.05, 0) is 62.9 Å². The van der Waals surface area contributed by atoms with Crippen LogP contribution in [0.4, 0.5) is 5.82 Å². The molecule has 2 aromatic heterocycles. The van der Waals surface area contributed by atoms with Crippen molar-refractivity contribution < 1.29 is 5.11 Å². The number of phenols is 1. The lowest BCUT2D eigenvalue weighted by atomic mass is 10.1. The maximum absolute atomic E-state index is 9.52. The number of benzene rings is 1. The second kappa shape index (κ2) is 5.82. The van der Waals surface area contributed by atoms with Crippen LogP contribution in [0.25, 0.3) is 22.3 Å². The molecule has 5 nitrogen and oxygen atoms in total. The molecule has 2 N–H and O–H groups in total. The van der Waals surface area contributed by atoms with Gasteiger partial charge in [-0.25, -0.2) is 9.97 Å². The summed E-state index contributed by atoms with van der Waals surface area (Å²) in [6.07, 6.45) is 3.73. The molecule has 0 amide bonds. The quantitative estimate of drug-likeness (QED) is 0.750. The highest BCUT2D eigenvalue weighted by molar-refractivity contribution is 5.94. The van der Waals surface area contributed by atoms with E-state index in [-0.39, 0.29) is 5.75 Å². The lowest BCUT2D eigenvalue weighted by Crippen LogP contribution is -2.30. The number of H-pyrrole nitrogens is 1. The number of aromatic nitrogens is 3. The molecule has 1 aromatic carbocycles. The Balaban J connectivity index is 1.89. The van der Waals surface area contributed by atoms with E-state index in [0.29, 0.717) is 0 Å². The number of piperidine rings is 1. The minimum Gasteiger partial charge on any atom is -0.508 e. The van der Waals surface area contributed by atoms with Gasteiger partial charge in [-0.2, -0.15) is 0 Å². The molecule has 0 atom stereocenters. The topological polar surface area (TPSA) is 65.0 Å². The molecule has 3 aromatic rings. The summed E-state index contributed by atoms with van der Waals surface area (Å²) in [7, 11) is 0. The molecule has 24 heavy (non-hydrogen) atoms. The van der Waals surface area contributed by atoms with Crippen molar-refractivity contribution in [2.75, 3.05) is 18.0 Å². The molecule has 0 saturated carbocycles. The van der Waals surface area contributed by atoms with Gasteiger partial charge >= 0.3 is 0 Å². The minimum absolute atomic E-state index is 0.275. The lowest BCUT2D eigenvalue weighted by molar-refractivity contribution is 0.475. The van der Waals surface area contributed by atoms with Crippen LogP contribution in [-0.4, -0.2) is 33.1 Å². The van der Waals surface area contributed by atoms with Crippen LogP contribution in [0.5, 0.6) is 5.75 Å². The van der Waals surface area contributed by atoms with Crippen molar-refractivity contribution in [2.45, 2.75) is 33.1 Å². The summed E-state index contributed by atoms with van der Waals surface area (Å²) in [5, 5.41) is 9.52. The average Bonchev–Trinajstić information content (AvgIpc) is 2.93. The van der Waals surface area contributed by atoms with E-state index in [1.807, 2.05) is 19.1 Å². The Labute approximate surface area is 141 Å². The Morgan fingerprint density at radius 1 is 1.00 bits per heavy atom. The summed E-state index contributed by atoms with van der Waals surface area (Å²) < 4.78 is 0. The molecular formula is C19H22N4O. The number of hydrogen-bond acceptors (Lipinski definition) is 4. The maximum atomic E-state index is 9.52. The average molecular weight is 322 g/mol. The number of anilines is 1. The monoisotopic (exact) mass is 322 g/mol. The Hall–Kier alpha value is -2.56. The number of aromatic amines is 1. The van der Waals surface area contributed by atoms with E-state index < -0.39 is 0 Å². The first-order valence-corrected chi connectivity index (χ1v) is 8.55. The summed E-state index contributed by atoms with van der Waals surface area (Å²) >= 11 is 0. The fraction of sp³-hybridized carbons (Fsp3) is 0.368. The highest BCUT2D eigenvalue weighted by Crippen LogP contribution is 2.34. The smallest absolute Gasteiger partial charge is 0.156 e. The van der Waals surface area contributed by atoms with Gasteiger partial charge in [0, 0.05) is 18.7 Å². The van der Waals surface area contributed by atoms with Crippen LogP contribution in [0, 0.1) is 13.8 Å². The van der Waals surface area contributed by atoms with Crippen LogP contribution in [-0.2, 0) is 0 Å². The highest BCUT2D eigenvalue weighted by Gasteiger charge is 2.20. The summed E-state index contributed by atoms with van der Waals surface area (Å²) in [6.45, 7) is 6.16. The zero-order valence-corrected chi connectivity index (χ0v) is 14.1. The third kappa shape index (κ3) is 2.50. The largest absolute Gasteiger partial charge is 0.508 e. The molecule has 0 radical (unpaired) electrons. The Bertz CT molecular complexity index is 877. The first kappa shape index (κ1) is 15.0. The van der Waals surface area contributed by atoms with E-state index >= 15 is 0 Å². The van der Waals surface area contributed by atoms with Gasteiger partial charge in [-0.1, -0.05) is 0 Å². The van der Waals surface area contributed by atoms with Gasteiger partial charge in [-0.3, -0.25) is 0 Å². The fourth-order valence-corrected chi connectivity index (χ4v) is 3.53. The third-order valence-corrected chi connectivity index (χ3v) is 4.79. The van der Waals surface area contributed by atoms with Crippen molar-refractivity contribution in [1.29, 1.82) is 0 Å². The number of nitrogens with zero attached hydrogens (tertiary/aromatic N) is 3. The predicted molar refractivity (Wildman–Crippen MR) is 96.5 cm³/mol. The highest BCUT2D eigenvalue weighted by atomic mass is 16.3. The zero-order valence-electron chi connectivity index (χ0n) is 14.1. The minimum atomic E-state index is 0.275. The maximum Gasteiger partial charge on any atom is 0.156 e. The van der Waals surface area contributed by atoms with Gasteiger partial charge < -0.3 is 15.0 Å². The number of aromatic hydroxyl groups is 1. The molecule has 0 bridgehead atoms. The van der Waals surface area contributed by atoms with Crippen molar-refractivity contribution >= 4 is 16.9 Å². The molecule has 1 aliphatic heterocycles. The van der Waals surface area contributed by atoms with Gasteiger partial charge in [-0.15, -0.1) is 0 Å². The molecule has 124 valence electrons. The lowest BCUT2D eigenvalue weighted by Gasteiger charge is -2.28. The number of hydrogen-bond donors (Lipinski definition) is 2. The molecule has 0 aliphatic carbocycles. The first-order chi connectivity index (χ1) is 11.6. The molecular weight excluding hydrogens is 300 g/mol. The number of nitrogens with one attached hydrogen (secondary N) is 1. The number of aryl methyl sites for hydroxylation is 2. The van der Waals surface area contributed by atoms with Crippen LogP contribution >= 0.6 is 0 Å². The summed E-state index contributed by atoms with van der Waals surface area (Å²) in [5.41, 5.74) is 5.22. The number of rotatable bonds is 2.